The third kappa shape index (κ3) is 1.28. The van der Waals surface area contributed by atoms with Gasteiger partial charge in [-0.2, -0.15) is 0 Å². The van der Waals surface area contributed by atoms with Crippen LogP contribution >= 0.6 is 0 Å². The van der Waals surface area contributed by atoms with Gasteiger partial charge in [-0.1, -0.05) is 0 Å². The molecule has 0 saturated heterocycles. The summed E-state index contributed by atoms with van der Waals surface area (Å²) in [5, 5.41) is 9.16. The Balaban J connectivity index is 2.95. The highest BCUT2D eigenvalue weighted by atomic mass is 16.3. The van der Waals surface area contributed by atoms with Crippen LogP contribution < -0.4 is 5.56 Å². The van der Waals surface area contributed by atoms with Gasteiger partial charge in [-0.3, -0.25) is 9.20 Å². The van der Waals surface area contributed by atoms with E-state index in [0.29, 0.717) is 0 Å². The van der Waals surface area contributed by atoms with Crippen LogP contribution in [0.4, 0.5) is 0 Å². The second-order valence-corrected chi connectivity index (χ2v) is 3.05. The predicted molar refractivity (Wildman–Crippen MR) is 50.1 cm³/mol. The monoisotopic (exact) mass is 175 g/mol. The number of hydrogen-bond donors (Lipinski definition) is 1. The van der Waals surface area contributed by atoms with Crippen molar-refractivity contribution < 1.29 is 5.11 Å². The van der Waals surface area contributed by atoms with Crippen LogP contribution in [-0.2, 0) is 0 Å². The number of hydrogen-bond acceptors (Lipinski definition) is 2. The molecule has 2 aromatic rings. The molecule has 13 heavy (non-hydrogen) atoms. The summed E-state index contributed by atoms with van der Waals surface area (Å²) in [4.78, 5) is 11.4. The van der Waals surface area contributed by atoms with E-state index in [1.54, 1.807) is 12.1 Å². The van der Waals surface area contributed by atoms with E-state index in [-0.39, 0.29) is 11.3 Å². The quantitative estimate of drug-likeness (QED) is 0.656. The molecule has 2 heterocycles. The van der Waals surface area contributed by atoms with Crippen molar-refractivity contribution in [2.45, 2.75) is 6.92 Å². The number of fused-ring (bicyclic) bond motifs is 1. The summed E-state index contributed by atoms with van der Waals surface area (Å²) in [5.41, 5.74) is 1.60. The first-order valence-electron chi connectivity index (χ1n) is 3.99. The molecule has 0 saturated carbocycles. The van der Waals surface area contributed by atoms with Crippen molar-refractivity contribution in [3.05, 3.63) is 46.4 Å². The molecule has 0 aliphatic heterocycles. The van der Waals surface area contributed by atoms with E-state index in [2.05, 4.69) is 0 Å². The van der Waals surface area contributed by atoms with Crippen LogP contribution in [0.15, 0.2) is 35.3 Å². The summed E-state index contributed by atoms with van der Waals surface area (Å²) < 4.78 is 1.42. The van der Waals surface area contributed by atoms with Crippen LogP contribution in [0.25, 0.3) is 5.52 Å². The van der Waals surface area contributed by atoms with Crippen molar-refractivity contribution in [2.75, 3.05) is 0 Å². The second-order valence-electron chi connectivity index (χ2n) is 3.05. The van der Waals surface area contributed by atoms with Gasteiger partial charge in [-0.25, -0.2) is 0 Å². The summed E-state index contributed by atoms with van der Waals surface area (Å²) in [6.07, 6.45) is 1.41. The lowest BCUT2D eigenvalue weighted by Gasteiger charge is -2.01. The molecule has 0 radical (unpaired) electrons. The van der Waals surface area contributed by atoms with Crippen molar-refractivity contribution >= 4 is 5.52 Å². The Morgan fingerprint density at radius 1 is 1.31 bits per heavy atom. The smallest absolute Gasteiger partial charge is 0.255 e. The Labute approximate surface area is 74.9 Å². The highest BCUT2D eigenvalue weighted by Crippen LogP contribution is 2.10. The summed E-state index contributed by atoms with van der Waals surface area (Å²) in [5.74, 6) is 0.0958. The van der Waals surface area contributed by atoms with Gasteiger partial charge in [-0.05, 0) is 30.7 Å². The van der Waals surface area contributed by atoms with Crippen LogP contribution in [0.2, 0.25) is 0 Å². The van der Waals surface area contributed by atoms with Gasteiger partial charge in [0.2, 0.25) is 0 Å². The Hall–Kier alpha value is -1.77. The standard InChI is InChI=1S/C10H9NO2/c1-7-4-8-2-3-9(12)6-11(8)10(13)5-7/h2-6,12H,1H3. The normalized spacial score (nSPS) is 10.5. The summed E-state index contributed by atoms with van der Waals surface area (Å²) in [6, 6.07) is 6.70. The van der Waals surface area contributed by atoms with Crippen LogP contribution in [-0.4, -0.2) is 9.51 Å². The first kappa shape index (κ1) is 7.86. The molecule has 3 heteroatoms. The zero-order valence-electron chi connectivity index (χ0n) is 7.19. The van der Waals surface area contributed by atoms with Crippen molar-refractivity contribution in [1.29, 1.82) is 0 Å². The minimum absolute atomic E-state index is 0.0958. The number of aryl methyl sites for hydroxylation is 1. The highest BCUT2D eigenvalue weighted by Gasteiger charge is 1.97. The summed E-state index contributed by atoms with van der Waals surface area (Å²) in [7, 11) is 0. The van der Waals surface area contributed by atoms with Crippen LogP contribution in [0.5, 0.6) is 5.75 Å². The van der Waals surface area contributed by atoms with E-state index < -0.39 is 0 Å². The van der Waals surface area contributed by atoms with E-state index in [4.69, 9.17) is 5.11 Å². The van der Waals surface area contributed by atoms with E-state index >= 15 is 0 Å². The molecule has 1 N–H and O–H groups in total. The van der Waals surface area contributed by atoms with Gasteiger partial charge in [0.05, 0.1) is 6.20 Å². The molecule has 0 bridgehead atoms. The Morgan fingerprint density at radius 2 is 2.08 bits per heavy atom. The fourth-order valence-corrected chi connectivity index (χ4v) is 1.35. The maximum atomic E-state index is 11.4. The molecule has 0 amide bonds. The lowest BCUT2D eigenvalue weighted by atomic mass is 10.2. The van der Waals surface area contributed by atoms with Gasteiger partial charge in [-0.15, -0.1) is 0 Å². The molecule has 0 aromatic carbocycles. The molecular formula is C10H9NO2. The molecular weight excluding hydrogens is 166 g/mol. The van der Waals surface area contributed by atoms with Gasteiger partial charge in [0.25, 0.3) is 5.56 Å². The molecule has 0 atom stereocenters. The Morgan fingerprint density at radius 3 is 2.85 bits per heavy atom. The summed E-state index contributed by atoms with van der Waals surface area (Å²) >= 11 is 0. The molecule has 3 nitrogen and oxygen atoms in total. The Bertz CT molecular complexity index is 514. The number of nitrogens with zero attached hydrogens (tertiary/aromatic N) is 1. The van der Waals surface area contributed by atoms with Crippen molar-refractivity contribution in [2.24, 2.45) is 0 Å². The first-order chi connectivity index (χ1) is 6.16. The molecule has 0 aliphatic carbocycles. The minimum Gasteiger partial charge on any atom is -0.506 e. The Kier molecular flexibility index (Phi) is 1.59. The fourth-order valence-electron chi connectivity index (χ4n) is 1.35. The first-order valence-corrected chi connectivity index (χ1v) is 3.99. The molecule has 0 unspecified atom stereocenters. The van der Waals surface area contributed by atoms with Crippen molar-refractivity contribution in [3.63, 3.8) is 0 Å². The zero-order chi connectivity index (χ0) is 9.42. The molecule has 66 valence electrons. The van der Waals surface area contributed by atoms with E-state index in [0.717, 1.165) is 11.1 Å². The number of aromatic hydroxyl groups is 1. The molecule has 0 aliphatic rings. The number of aromatic nitrogens is 1. The van der Waals surface area contributed by atoms with Gasteiger partial charge in [0.15, 0.2) is 0 Å². The zero-order valence-corrected chi connectivity index (χ0v) is 7.19. The van der Waals surface area contributed by atoms with E-state index in [1.807, 2.05) is 13.0 Å². The number of rotatable bonds is 0. The summed E-state index contributed by atoms with van der Waals surface area (Å²) in [6.45, 7) is 1.87. The van der Waals surface area contributed by atoms with Crippen LogP contribution in [0.3, 0.4) is 0 Å². The second kappa shape index (κ2) is 2.62. The SMILES string of the molecule is Cc1cc(=O)n2cc(O)ccc2c1. The largest absolute Gasteiger partial charge is 0.506 e. The maximum absolute atomic E-state index is 11.4. The lowest BCUT2D eigenvalue weighted by Crippen LogP contribution is -2.11. The topological polar surface area (TPSA) is 41.7 Å². The predicted octanol–water partition coefficient (Wildman–Crippen LogP) is 1.31. The van der Waals surface area contributed by atoms with Gasteiger partial charge >= 0.3 is 0 Å². The molecule has 2 aromatic heterocycles. The van der Waals surface area contributed by atoms with Gasteiger partial charge < -0.3 is 5.11 Å². The van der Waals surface area contributed by atoms with E-state index in [1.165, 1.54) is 16.7 Å². The van der Waals surface area contributed by atoms with Gasteiger partial charge in [0, 0.05) is 11.6 Å². The van der Waals surface area contributed by atoms with Crippen molar-refractivity contribution in [3.8, 4) is 5.75 Å². The highest BCUT2D eigenvalue weighted by molar-refractivity contribution is 5.50. The maximum Gasteiger partial charge on any atom is 0.255 e. The fraction of sp³-hybridized carbons (Fsp3) is 0.100. The minimum atomic E-state index is -0.120. The molecule has 0 fully saturated rings. The third-order valence-corrected chi connectivity index (χ3v) is 1.93. The van der Waals surface area contributed by atoms with Crippen molar-refractivity contribution in [1.82, 2.24) is 4.40 Å². The lowest BCUT2D eigenvalue weighted by molar-refractivity contribution is 0.471. The average molecular weight is 175 g/mol. The average Bonchev–Trinajstić information content (AvgIpc) is 2.06. The number of pyridine rings is 2. The third-order valence-electron chi connectivity index (χ3n) is 1.93. The van der Waals surface area contributed by atoms with Crippen LogP contribution in [0, 0.1) is 6.92 Å². The van der Waals surface area contributed by atoms with Crippen LogP contribution in [0.1, 0.15) is 5.56 Å². The molecule has 2 rings (SSSR count). The van der Waals surface area contributed by atoms with Gasteiger partial charge in [0.1, 0.15) is 5.75 Å². The molecule has 0 spiro atoms. The van der Waals surface area contributed by atoms with E-state index in [9.17, 15) is 4.79 Å².